The van der Waals surface area contributed by atoms with Crippen LogP contribution in [0.3, 0.4) is 0 Å². The van der Waals surface area contributed by atoms with Gasteiger partial charge in [0.2, 0.25) is 0 Å². The highest BCUT2D eigenvalue weighted by Crippen LogP contribution is 2.27. The van der Waals surface area contributed by atoms with Crippen LogP contribution >= 0.6 is 15.9 Å². The van der Waals surface area contributed by atoms with Crippen LogP contribution in [-0.2, 0) is 6.54 Å². The fourth-order valence-corrected chi connectivity index (χ4v) is 2.49. The average molecular weight is 284 g/mol. The summed E-state index contributed by atoms with van der Waals surface area (Å²) in [5.41, 5.74) is 1.33. The van der Waals surface area contributed by atoms with Gasteiger partial charge in [0.05, 0.1) is 11.1 Å². The van der Waals surface area contributed by atoms with Crippen molar-refractivity contribution in [3.63, 3.8) is 0 Å². The van der Waals surface area contributed by atoms with Crippen molar-refractivity contribution >= 4 is 15.9 Å². The summed E-state index contributed by atoms with van der Waals surface area (Å²) in [6.07, 6.45) is 0. The second-order valence-electron chi connectivity index (χ2n) is 4.50. The quantitative estimate of drug-likeness (QED) is 0.841. The lowest BCUT2D eigenvalue weighted by molar-refractivity contribution is 0.105. The van der Waals surface area contributed by atoms with E-state index in [0.717, 1.165) is 22.7 Å². The molecule has 1 aromatic rings. The van der Waals surface area contributed by atoms with E-state index in [0.29, 0.717) is 6.61 Å². The van der Waals surface area contributed by atoms with Gasteiger partial charge in [0.15, 0.2) is 0 Å². The lowest BCUT2D eigenvalue weighted by Crippen LogP contribution is -2.44. The van der Waals surface area contributed by atoms with E-state index in [9.17, 15) is 0 Å². The molecule has 0 amide bonds. The molecular formula is C13H18BrNO. The number of likely N-dealkylation sites (tertiary alicyclic amines) is 1. The molecule has 2 nitrogen and oxygen atoms in total. The van der Waals surface area contributed by atoms with E-state index in [2.05, 4.69) is 46.0 Å². The zero-order chi connectivity index (χ0) is 11.5. The second-order valence-corrected chi connectivity index (χ2v) is 5.35. The maximum Gasteiger partial charge on any atom is 0.133 e. The lowest BCUT2D eigenvalue weighted by Gasteiger charge is -2.37. The van der Waals surface area contributed by atoms with Crippen LogP contribution < -0.4 is 4.74 Å². The van der Waals surface area contributed by atoms with E-state index in [1.54, 1.807) is 0 Å². The largest absolute Gasteiger partial charge is 0.493 e. The van der Waals surface area contributed by atoms with Crippen LogP contribution in [0.2, 0.25) is 0 Å². The van der Waals surface area contributed by atoms with Gasteiger partial charge in [-0.2, -0.15) is 0 Å². The highest BCUT2D eigenvalue weighted by atomic mass is 79.9. The molecule has 0 aromatic heterocycles. The summed E-state index contributed by atoms with van der Waals surface area (Å²) < 4.78 is 6.60. The third-order valence-electron chi connectivity index (χ3n) is 2.84. The molecule has 1 aliphatic rings. The minimum atomic E-state index is 0.711. The molecule has 1 fully saturated rings. The number of benzene rings is 1. The first-order valence-electron chi connectivity index (χ1n) is 5.82. The van der Waals surface area contributed by atoms with Crippen molar-refractivity contribution in [3.05, 3.63) is 28.2 Å². The minimum absolute atomic E-state index is 0.711. The third-order valence-corrected chi connectivity index (χ3v) is 3.50. The maximum absolute atomic E-state index is 5.57. The number of rotatable bonds is 4. The molecule has 0 atom stereocenters. The Bertz CT molecular complexity index is 361. The summed E-state index contributed by atoms with van der Waals surface area (Å²) in [5.74, 6) is 1.82. The van der Waals surface area contributed by atoms with E-state index < -0.39 is 0 Å². The molecule has 1 saturated heterocycles. The van der Waals surface area contributed by atoms with E-state index in [1.807, 2.05) is 6.92 Å². The summed E-state index contributed by atoms with van der Waals surface area (Å²) in [5, 5.41) is 0. The van der Waals surface area contributed by atoms with E-state index in [-0.39, 0.29) is 0 Å². The van der Waals surface area contributed by atoms with E-state index in [1.165, 1.54) is 18.7 Å². The second kappa shape index (κ2) is 5.19. The summed E-state index contributed by atoms with van der Waals surface area (Å²) in [6.45, 7) is 8.50. The summed E-state index contributed by atoms with van der Waals surface area (Å²) in [6, 6.07) is 6.37. The Morgan fingerprint density at radius 2 is 2.19 bits per heavy atom. The van der Waals surface area contributed by atoms with E-state index >= 15 is 0 Å². The number of halogens is 1. The van der Waals surface area contributed by atoms with Gasteiger partial charge in [0, 0.05) is 19.6 Å². The molecule has 1 heterocycles. The van der Waals surface area contributed by atoms with Gasteiger partial charge in [-0.05, 0) is 46.5 Å². The predicted molar refractivity (Wildman–Crippen MR) is 69.8 cm³/mol. The topological polar surface area (TPSA) is 12.5 Å². The molecule has 2 rings (SSSR count). The number of nitrogens with zero attached hydrogens (tertiary/aromatic N) is 1. The molecule has 16 heavy (non-hydrogen) atoms. The number of ether oxygens (including phenoxy) is 1. The Morgan fingerprint density at radius 3 is 2.81 bits per heavy atom. The smallest absolute Gasteiger partial charge is 0.133 e. The molecule has 1 aliphatic heterocycles. The van der Waals surface area contributed by atoms with Gasteiger partial charge >= 0.3 is 0 Å². The molecule has 3 heteroatoms. The zero-order valence-electron chi connectivity index (χ0n) is 9.87. The van der Waals surface area contributed by atoms with Gasteiger partial charge in [0.25, 0.3) is 0 Å². The van der Waals surface area contributed by atoms with Gasteiger partial charge < -0.3 is 4.74 Å². The molecule has 0 aliphatic carbocycles. The first-order valence-corrected chi connectivity index (χ1v) is 6.62. The van der Waals surface area contributed by atoms with Crippen molar-refractivity contribution in [1.82, 2.24) is 4.90 Å². The Hall–Kier alpha value is -0.540. The SMILES string of the molecule is CCOc1cc(CN2CC(C)C2)ccc1Br. The van der Waals surface area contributed by atoms with Gasteiger partial charge in [-0.1, -0.05) is 13.0 Å². The van der Waals surface area contributed by atoms with Crippen LogP contribution in [-0.4, -0.2) is 24.6 Å². The first kappa shape index (κ1) is 11.9. The van der Waals surface area contributed by atoms with Crippen LogP contribution in [0.4, 0.5) is 0 Å². The molecular weight excluding hydrogens is 266 g/mol. The van der Waals surface area contributed by atoms with Crippen molar-refractivity contribution in [1.29, 1.82) is 0 Å². The normalized spacial score (nSPS) is 17.2. The van der Waals surface area contributed by atoms with Crippen LogP contribution in [0, 0.1) is 5.92 Å². The van der Waals surface area contributed by atoms with Crippen molar-refractivity contribution in [2.75, 3.05) is 19.7 Å². The van der Waals surface area contributed by atoms with Crippen LogP contribution in [0.5, 0.6) is 5.75 Å². The highest BCUT2D eigenvalue weighted by Gasteiger charge is 2.22. The fraction of sp³-hybridized carbons (Fsp3) is 0.538. The average Bonchev–Trinajstić information content (AvgIpc) is 2.21. The molecule has 88 valence electrons. The van der Waals surface area contributed by atoms with Gasteiger partial charge in [0.1, 0.15) is 5.75 Å². The number of hydrogen-bond donors (Lipinski definition) is 0. The van der Waals surface area contributed by atoms with Crippen LogP contribution in [0.1, 0.15) is 19.4 Å². The Kier molecular flexibility index (Phi) is 3.87. The van der Waals surface area contributed by atoms with Crippen LogP contribution in [0.15, 0.2) is 22.7 Å². The number of hydrogen-bond acceptors (Lipinski definition) is 2. The Morgan fingerprint density at radius 1 is 1.44 bits per heavy atom. The monoisotopic (exact) mass is 283 g/mol. The maximum atomic E-state index is 5.57. The molecule has 0 unspecified atom stereocenters. The summed E-state index contributed by atoms with van der Waals surface area (Å²) in [7, 11) is 0. The minimum Gasteiger partial charge on any atom is -0.493 e. The van der Waals surface area contributed by atoms with Gasteiger partial charge in [-0.25, -0.2) is 0 Å². The molecule has 0 bridgehead atoms. The first-order chi connectivity index (χ1) is 7.69. The van der Waals surface area contributed by atoms with E-state index in [4.69, 9.17) is 4.74 Å². The molecule has 0 spiro atoms. The highest BCUT2D eigenvalue weighted by molar-refractivity contribution is 9.10. The third kappa shape index (κ3) is 2.77. The predicted octanol–water partition coefficient (Wildman–Crippen LogP) is 3.30. The Labute approximate surface area is 106 Å². The molecule has 0 radical (unpaired) electrons. The van der Waals surface area contributed by atoms with Gasteiger partial charge in [-0.3, -0.25) is 4.90 Å². The zero-order valence-corrected chi connectivity index (χ0v) is 11.5. The summed E-state index contributed by atoms with van der Waals surface area (Å²) in [4.78, 5) is 2.46. The molecule has 1 aromatic carbocycles. The van der Waals surface area contributed by atoms with Crippen molar-refractivity contribution in [2.45, 2.75) is 20.4 Å². The molecule has 0 saturated carbocycles. The van der Waals surface area contributed by atoms with Crippen molar-refractivity contribution < 1.29 is 4.74 Å². The van der Waals surface area contributed by atoms with Gasteiger partial charge in [-0.15, -0.1) is 0 Å². The fourth-order valence-electron chi connectivity index (χ4n) is 2.13. The van der Waals surface area contributed by atoms with Crippen LogP contribution in [0.25, 0.3) is 0 Å². The lowest BCUT2D eigenvalue weighted by atomic mass is 10.0. The molecule has 0 N–H and O–H groups in total. The summed E-state index contributed by atoms with van der Waals surface area (Å²) >= 11 is 3.50. The Balaban J connectivity index is 2.01. The standard InChI is InChI=1S/C13H18BrNO/c1-3-16-13-6-11(4-5-12(13)14)9-15-7-10(2)8-15/h4-6,10H,3,7-9H2,1-2H3. The van der Waals surface area contributed by atoms with Crippen molar-refractivity contribution in [2.24, 2.45) is 5.92 Å². The van der Waals surface area contributed by atoms with Crippen molar-refractivity contribution in [3.8, 4) is 5.75 Å².